The van der Waals surface area contributed by atoms with E-state index in [0.717, 1.165) is 17.1 Å². The Balaban J connectivity index is 3.15. The quantitative estimate of drug-likeness (QED) is 0.845. The van der Waals surface area contributed by atoms with Crippen LogP contribution in [0.15, 0.2) is 18.2 Å². The third-order valence-corrected chi connectivity index (χ3v) is 8.23. The fourth-order valence-electron chi connectivity index (χ4n) is 1.48. The third kappa shape index (κ3) is 3.73. The lowest BCUT2D eigenvalue weighted by molar-refractivity contribution is 0.385. The highest BCUT2D eigenvalue weighted by Gasteiger charge is 2.39. The van der Waals surface area contributed by atoms with Gasteiger partial charge in [-0.05, 0) is 42.8 Å². The van der Waals surface area contributed by atoms with Crippen LogP contribution >= 0.6 is 0 Å². The smallest absolute Gasteiger partial charge is 0.250 e. The van der Waals surface area contributed by atoms with E-state index in [1.54, 1.807) is 7.11 Å². The van der Waals surface area contributed by atoms with Gasteiger partial charge in [0.25, 0.3) is 8.32 Å². The van der Waals surface area contributed by atoms with Crippen LogP contribution in [0.4, 0.5) is 0 Å². The van der Waals surface area contributed by atoms with Crippen molar-refractivity contribution >= 4 is 8.32 Å². The van der Waals surface area contributed by atoms with Crippen LogP contribution in [0.1, 0.15) is 39.3 Å². The van der Waals surface area contributed by atoms with Gasteiger partial charge >= 0.3 is 0 Å². The van der Waals surface area contributed by atoms with Crippen LogP contribution < -0.4 is 14.9 Å². The Kier molecular flexibility index (Phi) is 4.69. The molecule has 0 saturated heterocycles. The maximum Gasteiger partial charge on any atom is 0.250 e. The molecule has 1 aromatic carbocycles. The summed E-state index contributed by atoms with van der Waals surface area (Å²) in [5, 5.41) is 0.155. The highest BCUT2D eigenvalue weighted by atomic mass is 28.4. The Morgan fingerprint density at radius 1 is 1.16 bits per heavy atom. The molecular weight excluding hydrogens is 254 g/mol. The van der Waals surface area contributed by atoms with Crippen molar-refractivity contribution < 1.29 is 9.16 Å². The van der Waals surface area contributed by atoms with Crippen molar-refractivity contribution in [1.82, 2.24) is 0 Å². The van der Waals surface area contributed by atoms with Gasteiger partial charge in [0.15, 0.2) is 5.75 Å². The molecule has 0 aromatic heterocycles. The molecule has 0 amide bonds. The van der Waals surface area contributed by atoms with E-state index in [0.29, 0.717) is 0 Å². The van der Waals surface area contributed by atoms with Crippen molar-refractivity contribution in [3.05, 3.63) is 23.8 Å². The number of rotatable bonds is 4. The SMILES string of the molecule is COc1ccc([C@@H](C)N)cc1O[Si](C)(C)C(C)(C)C. The molecule has 4 heteroatoms. The second kappa shape index (κ2) is 5.55. The number of benzene rings is 1. The van der Waals surface area contributed by atoms with Gasteiger partial charge in [-0.15, -0.1) is 0 Å². The zero-order valence-corrected chi connectivity index (χ0v) is 14.2. The van der Waals surface area contributed by atoms with Gasteiger partial charge in [-0.2, -0.15) is 0 Å². The van der Waals surface area contributed by atoms with Crippen LogP contribution in [0.5, 0.6) is 11.5 Å². The molecule has 1 rings (SSSR count). The summed E-state index contributed by atoms with van der Waals surface area (Å²) < 4.78 is 11.7. The number of ether oxygens (including phenoxy) is 1. The van der Waals surface area contributed by atoms with Crippen molar-refractivity contribution in [1.29, 1.82) is 0 Å². The van der Waals surface area contributed by atoms with Crippen molar-refractivity contribution in [3.8, 4) is 11.5 Å². The summed E-state index contributed by atoms with van der Waals surface area (Å²) in [7, 11) is -0.206. The van der Waals surface area contributed by atoms with Gasteiger partial charge in [0, 0.05) is 6.04 Å². The molecule has 19 heavy (non-hydrogen) atoms. The summed E-state index contributed by atoms with van der Waals surface area (Å²) in [4.78, 5) is 0. The summed E-state index contributed by atoms with van der Waals surface area (Å²) in [5.41, 5.74) is 7.00. The Morgan fingerprint density at radius 3 is 2.16 bits per heavy atom. The molecule has 0 heterocycles. The van der Waals surface area contributed by atoms with Crippen molar-refractivity contribution in [2.75, 3.05) is 7.11 Å². The summed E-state index contributed by atoms with van der Waals surface area (Å²) in [6, 6.07) is 5.92. The van der Waals surface area contributed by atoms with E-state index in [1.165, 1.54) is 0 Å². The average molecular weight is 281 g/mol. The predicted molar refractivity (Wildman–Crippen MR) is 83.4 cm³/mol. The molecule has 0 saturated carbocycles. The zero-order chi connectivity index (χ0) is 14.8. The third-order valence-electron chi connectivity index (χ3n) is 3.88. The largest absolute Gasteiger partial charge is 0.541 e. The zero-order valence-electron chi connectivity index (χ0n) is 13.2. The Hall–Kier alpha value is -1.00. The highest BCUT2D eigenvalue weighted by molar-refractivity contribution is 6.74. The lowest BCUT2D eigenvalue weighted by atomic mass is 10.1. The standard InChI is InChI=1S/C15H27NO2Si/c1-11(16)12-8-9-13(17-5)14(10-12)18-19(6,7)15(2,3)4/h8-11H,16H2,1-7H3/t11-/m1/s1. The molecule has 0 radical (unpaired) electrons. The monoisotopic (exact) mass is 281 g/mol. The molecule has 2 N–H and O–H groups in total. The second-order valence-corrected chi connectivity index (χ2v) is 11.3. The topological polar surface area (TPSA) is 44.5 Å². The molecule has 0 bridgehead atoms. The molecule has 0 fully saturated rings. The second-order valence-electron chi connectivity index (χ2n) is 6.56. The maximum atomic E-state index is 6.34. The highest BCUT2D eigenvalue weighted by Crippen LogP contribution is 2.40. The molecule has 0 aliphatic carbocycles. The lowest BCUT2D eigenvalue weighted by Gasteiger charge is -2.37. The van der Waals surface area contributed by atoms with Crippen LogP contribution in [0.2, 0.25) is 18.1 Å². The number of nitrogens with two attached hydrogens (primary N) is 1. The summed E-state index contributed by atoms with van der Waals surface area (Å²) in [6.45, 7) is 13.1. The maximum absolute atomic E-state index is 6.34. The summed E-state index contributed by atoms with van der Waals surface area (Å²) in [6.07, 6.45) is 0. The van der Waals surface area contributed by atoms with Gasteiger partial charge < -0.3 is 14.9 Å². The Bertz CT molecular complexity index is 436. The van der Waals surface area contributed by atoms with Gasteiger partial charge in [-0.3, -0.25) is 0 Å². The normalized spacial score (nSPS) is 14.1. The molecule has 1 aromatic rings. The minimum Gasteiger partial charge on any atom is -0.541 e. The summed E-state index contributed by atoms with van der Waals surface area (Å²) >= 11 is 0. The molecule has 0 aliphatic heterocycles. The van der Waals surface area contributed by atoms with Crippen LogP contribution in [-0.4, -0.2) is 15.4 Å². The van der Waals surface area contributed by atoms with Crippen LogP contribution in [0.3, 0.4) is 0 Å². The molecule has 0 unspecified atom stereocenters. The molecule has 0 spiro atoms. The number of hydrogen-bond donors (Lipinski definition) is 1. The van der Waals surface area contributed by atoms with E-state index in [1.807, 2.05) is 25.1 Å². The lowest BCUT2D eigenvalue weighted by Crippen LogP contribution is -2.44. The first-order valence-corrected chi connectivity index (χ1v) is 9.62. The first-order chi connectivity index (χ1) is 8.58. The first kappa shape index (κ1) is 16.1. The molecule has 108 valence electrons. The van der Waals surface area contributed by atoms with Crippen LogP contribution in [-0.2, 0) is 0 Å². The van der Waals surface area contributed by atoms with Gasteiger partial charge in [0.2, 0.25) is 0 Å². The molecular formula is C15H27NO2Si. The van der Waals surface area contributed by atoms with E-state index >= 15 is 0 Å². The van der Waals surface area contributed by atoms with Crippen molar-refractivity contribution in [2.45, 2.75) is 51.9 Å². The van der Waals surface area contributed by atoms with Crippen LogP contribution in [0.25, 0.3) is 0 Å². The van der Waals surface area contributed by atoms with Crippen LogP contribution in [0, 0.1) is 0 Å². The fourth-order valence-corrected chi connectivity index (χ4v) is 2.50. The number of methoxy groups -OCH3 is 1. The Labute approximate surface area is 118 Å². The van der Waals surface area contributed by atoms with E-state index < -0.39 is 8.32 Å². The molecule has 1 atom stereocenters. The fraction of sp³-hybridized carbons (Fsp3) is 0.600. The Morgan fingerprint density at radius 2 is 1.74 bits per heavy atom. The molecule has 0 aliphatic rings. The number of hydrogen-bond acceptors (Lipinski definition) is 3. The van der Waals surface area contributed by atoms with Gasteiger partial charge in [0.1, 0.15) is 5.75 Å². The van der Waals surface area contributed by atoms with Crippen molar-refractivity contribution in [3.63, 3.8) is 0 Å². The van der Waals surface area contributed by atoms with Crippen molar-refractivity contribution in [2.24, 2.45) is 5.73 Å². The first-order valence-electron chi connectivity index (χ1n) is 6.71. The van der Waals surface area contributed by atoms with E-state index in [9.17, 15) is 0 Å². The van der Waals surface area contributed by atoms with Gasteiger partial charge in [-0.1, -0.05) is 26.8 Å². The van der Waals surface area contributed by atoms with Gasteiger partial charge in [-0.25, -0.2) is 0 Å². The minimum absolute atomic E-state index is 0.00679. The summed E-state index contributed by atoms with van der Waals surface area (Å²) in [5.74, 6) is 1.58. The molecule has 3 nitrogen and oxygen atoms in total. The predicted octanol–water partition coefficient (Wildman–Crippen LogP) is 4.10. The van der Waals surface area contributed by atoms with Gasteiger partial charge in [0.05, 0.1) is 7.11 Å². The van der Waals surface area contributed by atoms with E-state index in [4.69, 9.17) is 14.9 Å². The van der Waals surface area contributed by atoms with E-state index in [2.05, 4.69) is 33.9 Å². The minimum atomic E-state index is -1.87. The van der Waals surface area contributed by atoms with E-state index in [-0.39, 0.29) is 11.1 Å². The average Bonchev–Trinajstić information content (AvgIpc) is 2.26.